The molecule has 0 aromatic rings. The van der Waals surface area contributed by atoms with E-state index in [1.165, 1.54) is 70.2 Å². The van der Waals surface area contributed by atoms with Crippen LogP contribution < -0.4 is 0 Å². The van der Waals surface area contributed by atoms with Gasteiger partial charge in [-0.15, -0.1) is 0 Å². The molecular formula is C24H36N2O. The SMILES string of the molecule is CC12CCC/C(=C\C=C3\CCCC(N=O)C3)C1CC/C2=C\CN1CCCC1. The molecule has 1 saturated heterocycles. The minimum absolute atomic E-state index is 0.0200. The van der Waals surface area contributed by atoms with Crippen LogP contribution in [0.5, 0.6) is 0 Å². The van der Waals surface area contributed by atoms with E-state index in [1.807, 2.05) is 0 Å². The highest BCUT2D eigenvalue weighted by Crippen LogP contribution is 2.57. The molecule has 1 heterocycles. The molecule has 0 aromatic carbocycles. The Bertz CT molecular complexity index is 641. The predicted molar refractivity (Wildman–Crippen MR) is 113 cm³/mol. The van der Waals surface area contributed by atoms with Crippen LogP contribution in [0, 0.1) is 16.2 Å². The number of rotatable bonds is 4. The molecule has 3 atom stereocenters. The van der Waals surface area contributed by atoms with Crippen LogP contribution >= 0.6 is 0 Å². The van der Waals surface area contributed by atoms with Crippen molar-refractivity contribution in [2.24, 2.45) is 16.5 Å². The van der Waals surface area contributed by atoms with Crippen molar-refractivity contribution in [2.45, 2.75) is 83.6 Å². The van der Waals surface area contributed by atoms with Gasteiger partial charge >= 0.3 is 0 Å². The second-order valence-corrected chi connectivity index (χ2v) is 9.52. The van der Waals surface area contributed by atoms with Crippen LogP contribution in [0.2, 0.25) is 0 Å². The second-order valence-electron chi connectivity index (χ2n) is 9.52. The molecule has 1 aliphatic heterocycles. The van der Waals surface area contributed by atoms with Gasteiger partial charge in [-0.1, -0.05) is 47.0 Å². The van der Waals surface area contributed by atoms with Crippen LogP contribution in [0.25, 0.3) is 0 Å². The summed E-state index contributed by atoms with van der Waals surface area (Å²) in [6.07, 6.45) is 20.8. The van der Waals surface area contributed by atoms with E-state index >= 15 is 0 Å². The van der Waals surface area contributed by atoms with Gasteiger partial charge in [-0.2, -0.15) is 4.91 Å². The molecule has 4 rings (SSSR count). The Morgan fingerprint density at radius 1 is 1.07 bits per heavy atom. The summed E-state index contributed by atoms with van der Waals surface area (Å²) in [5, 5.41) is 3.30. The Labute approximate surface area is 164 Å². The standard InChI is InChI=1S/C24H36N2O/c1-24-14-5-7-20(10-9-19-6-4-8-22(18-19)25-27)23(24)12-11-21(24)13-17-26-15-2-3-16-26/h9-10,13,22-23H,2-8,11-12,14-18H2,1H3/b19-9-,20-10+,21-13+. The van der Waals surface area contributed by atoms with Gasteiger partial charge in [0.2, 0.25) is 0 Å². The minimum atomic E-state index is 0.0200. The van der Waals surface area contributed by atoms with E-state index in [-0.39, 0.29) is 6.04 Å². The summed E-state index contributed by atoms with van der Waals surface area (Å²) >= 11 is 0. The summed E-state index contributed by atoms with van der Waals surface area (Å²) in [6, 6.07) is 0.0200. The first-order chi connectivity index (χ1) is 13.2. The van der Waals surface area contributed by atoms with Crippen molar-refractivity contribution in [3.8, 4) is 0 Å². The van der Waals surface area contributed by atoms with E-state index in [0.29, 0.717) is 5.41 Å². The van der Waals surface area contributed by atoms with Crippen LogP contribution in [0.1, 0.15) is 77.6 Å². The normalized spacial score (nSPS) is 39.4. The van der Waals surface area contributed by atoms with E-state index in [1.54, 1.807) is 11.1 Å². The molecular weight excluding hydrogens is 332 g/mol. The monoisotopic (exact) mass is 368 g/mol. The highest BCUT2D eigenvalue weighted by atomic mass is 16.3. The van der Waals surface area contributed by atoms with Gasteiger partial charge in [-0.3, -0.25) is 4.90 Å². The molecule has 3 saturated carbocycles. The number of hydrogen-bond donors (Lipinski definition) is 0. The Balaban J connectivity index is 1.46. The molecule has 3 aliphatic carbocycles. The van der Waals surface area contributed by atoms with Crippen LogP contribution in [-0.2, 0) is 0 Å². The highest BCUT2D eigenvalue weighted by Gasteiger charge is 2.45. The third-order valence-corrected chi connectivity index (χ3v) is 7.82. The molecule has 0 spiro atoms. The molecule has 4 fully saturated rings. The average Bonchev–Trinajstić information content (AvgIpc) is 3.32. The third kappa shape index (κ3) is 4.13. The molecule has 3 unspecified atom stereocenters. The lowest BCUT2D eigenvalue weighted by atomic mass is 9.65. The average molecular weight is 369 g/mol. The zero-order valence-electron chi connectivity index (χ0n) is 17.1. The zero-order chi connectivity index (χ0) is 18.7. The zero-order valence-corrected chi connectivity index (χ0v) is 17.1. The fraction of sp³-hybridized carbons (Fsp3) is 0.750. The van der Waals surface area contributed by atoms with Gasteiger partial charge in [-0.05, 0) is 95.1 Å². The highest BCUT2D eigenvalue weighted by molar-refractivity contribution is 5.32. The number of fused-ring (bicyclic) bond motifs is 1. The van der Waals surface area contributed by atoms with Crippen molar-refractivity contribution in [1.29, 1.82) is 0 Å². The Morgan fingerprint density at radius 3 is 2.74 bits per heavy atom. The second kappa shape index (κ2) is 8.43. The maximum atomic E-state index is 10.9. The van der Waals surface area contributed by atoms with Crippen molar-refractivity contribution >= 4 is 0 Å². The molecule has 148 valence electrons. The summed E-state index contributed by atoms with van der Waals surface area (Å²) in [7, 11) is 0. The Hall–Kier alpha value is -1.22. The largest absolute Gasteiger partial charge is 0.300 e. The first-order valence-electron chi connectivity index (χ1n) is 11.3. The molecule has 4 aliphatic rings. The van der Waals surface area contributed by atoms with Crippen LogP contribution in [0.3, 0.4) is 0 Å². The molecule has 0 aromatic heterocycles. The van der Waals surface area contributed by atoms with Gasteiger partial charge in [0, 0.05) is 6.54 Å². The molecule has 3 heteroatoms. The lowest BCUT2D eigenvalue weighted by molar-refractivity contribution is 0.244. The van der Waals surface area contributed by atoms with E-state index < -0.39 is 0 Å². The smallest absolute Gasteiger partial charge is 0.0956 e. The summed E-state index contributed by atoms with van der Waals surface area (Å²) in [4.78, 5) is 13.5. The summed E-state index contributed by atoms with van der Waals surface area (Å²) in [5.74, 6) is 0.733. The van der Waals surface area contributed by atoms with Crippen LogP contribution in [-0.4, -0.2) is 30.6 Å². The molecule has 3 nitrogen and oxygen atoms in total. The fourth-order valence-electron chi connectivity index (χ4n) is 6.17. The van der Waals surface area contributed by atoms with Gasteiger partial charge in [-0.25, -0.2) is 0 Å². The van der Waals surface area contributed by atoms with Gasteiger partial charge in [0.25, 0.3) is 0 Å². The number of nitrogens with zero attached hydrogens (tertiary/aromatic N) is 2. The number of likely N-dealkylation sites (tertiary alicyclic amines) is 1. The summed E-state index contributed by atoms with van der Waals surface area (Å²) in [6.45, 7) is 6.28. The first-order valence-corrected chi connectivity index (χ1v) is 11.3. The first kappa shape index (κ1) is 19.1. The topological polar surface area (TPSA) is 32.7 Å². The lowest BCUT2D eigenvalue weighted by Gasteiger charge is -2.39. The third-order valence-electron chi connectivity index (χ3n) is 7.82. The van der Waals surface area contributed by atoms with Gasteiger partial charge in [0.1, 0.15) is 0 Å². The van der Waals surface area contributed by atoms with Crippen LogP contribution in [0.15, 0.2) is 40.1 Å². The maximum Gasteiger partial charge on any atom is 0.0956 e. The van der Waals surface area contributed by atoms with E-state index in [2.05, 4.69) is 35.2 Å². The van der Waals surface area contributed by atoms with Crippen molar-refractivity contribution in [3.63, 3.8) is 0 Å². The van der Waals surface area contributed by atoms with Crippen LogP contribution in [0.4, 0.5) is 0 Å². The van der Waals surface area contributed by atoms with Crippen molar-refractivity contribution < 1.29 is 0 Å². The fourth-order valence-corrected chi connectivity index (χ4v) is 6.17. The van der Waals surface area contributed by atoms with Gasteiger partial charge in [0.15, 0.2) is 0 Å². The lowest BCUT2D eigenvalue weighted by Crippen LogP contribution is -2.29. The maximum absolute atomic E-state index is 10.9. The van der Waals surface area contributed by atoms with E-state index in [4.69, 9.17) is 0 Å². The predicted octanol–water partition coefficient (Wildman–Crippen LogP) is 6.17. The van der Waals surface area contributed by atoms with Crippen molar-refractivity contribution in [2.75, 3.05) is 19.6 Å². The Morgan fingerprint density at radius 2 is 1.93 bits per heavy atom. The Kier molecular flexibility index (Phi) is 5.96. The summed E-state index contributed by atoms with van der Waals surface area (Å²) in [5.41, 5.74) is 5.23. The summed E-state index contributed by atoms with van der Waals surface area (Å²) < 4.78 is 0. The van der Waals surface area contributed by atoms with E-state index in [9.17, 15) is 4.91 Å². The molecule has 0 radical (unpaired) electrons. The quantitative estimate of drug-likeness (QED) is 0.439. The van der Waals surface area contributed by atoms with Gasteiger partial charge in [0.05, 0.1) is 6.04 Å². The van der Waals surface area contributed by atoms with Crippen molar-refractivity contribution in [3.05, 3.63) is 39.9 Å². The molecule has 0 bridgehead atoms. The van der Waals surface area contributed by atoms with E-state index in [0.717, 1.165) is 31.6 Å². The van der Waals surface area contributed by atoms with Gasteiger partial charge < -0.3 is 0 Å². The molecule has 0 N–H and O–H groups in total. The molecule has 0 amide bonds. The number of nitroso groups, excluding NO2 is 1. The van der Waals surface area contributed by atoms with Crippen molar-refractivity contribution in [1.82, 2.24) is 4.90 Å². The number of hydrogen-bond acceptors (Lipinski definition) is 3. The minimum Gasteiger partial charge on any atom is -0.300 e. The molecule has 27 heavy (non-hydrogen) atoms. The number of allylic oxidation sites excluding steroid dienone is 4.